The largest absolute Gasteiger partial charge is 0.455 e. The molecular formula is C12H18N2O3. The van der Waals surface area contributed by atoms with E-state index >= 15 is 0 Å². The molecule has 0 spiro atoms. The first-order chi connectivity index (χ1) is 8.26. The van der Waals surface area contributed by atoms with Crippen LogP contribution in [0.5, 0.6) is 0 Å². The molecule has 0 aromatic carbocycles. The molecular weight excluding hydrogens is 220 g/mol. The first kappa shape index (κ1) is 12.1. The van der Waals surface area contributed by atoms with E-state index in [-0.39, 0.29) is 25.1 Å². The molecule has 1 heterocycles. The average Bonchev–Trinajstić information content (AvgIpc) is 2.73. The lowest BCUT2D eigenvalue weighted by molar-refractivity contribution is 0.0493. The second-order valence-electron chi connectivity index (χ2n) is 4.28. The number of hydrogen-bond acceptors (Lipinski definition) is 4. The van der Waals surface area contributed by atoms with Crippen molar-refractivity contribution in [3.63, 3.8) is 0 Å². The number of carbonyl (C=O) groups is 1. The molecule has 94 valence electrons. The fraction of sp³-hybridized carbons (Fsp3) is 0.583. The molecule has 0 atom stereocenters. The van der Waals surface area contributed by atoms with Crippen molar-refractivity contribution in [1.29, 1.82) is 0 Å². The van der Waals surface area contributed by atoms with Crippen molar-refractivity contribution in [2.75, 3.05) is 13.2 Å². The van der Waals surface area contributed by atoms with E-state index in [2.05, 4.69) is 0 Å². The van der Waals surface area contributed by atoms with Crippen molar-refractivity contribution in [3.05, 3.63) is 23.7 Å². The summed E-state index contributed by atoms with van der Waals surface area (Å²) in [4.78, 5) is 13.9. The second-order valence-corrected chi connectivity index (χ2v) is 4.28. The third-order valence-electron chi connectivity index (χ3n) is 3.19. The third kappa shape index (κ3) is 2.50. The van der Waals surface area contributed by atoms with Gasteiger partial charge in [0.15, 0.2) is 5.76 Å². The zero-order chi connectivity index (χ0) is 12.3. The van der Waals surface area contributed by atoms with E-state index in [0.29, 0.717) is 18.1 Å². The number of aliphatic hydroxyl groups excluding tert-OH is 1. The van der Waals surface area contributed by atoms with Crippen LogP contribution in [0.3, 0.4) is 0 Å². The molecule has 1 saturated carbocycles. The lowest BCUT2D eigenvalue weighted by Gasteiger charge is -2.36. The van der Waals surface area contributed by atoms with Crippen molar-refractivity contribution in [1.82, 2.24) is 4.90 Å². The maximum atomic E-state index is 12.2. The summed E-state index contributed by atoms with van der Waals surface area (Å²) in [7, 11) is 0. The minimum Gasteiger partial charge on any atom is -0.455 e. The van der Waals surface area contributed by atoms with Crippen molar-refractivity contribution in [2.45, 2.75) is 31.8 Å². The van der Waals surface area contributed by atoms with Gasteiger partial charge in [0, 0.05) is 12.6 Å². The van der Waals surface area contributed by atoms with E-state index in [4.69, 9.17) is 15.3 Å². The number of amides is 1. The quantitative estimate of drug-likeness (QED) is 0.792. The van der Waals surface area contributed by atoms with E-state index in [1.807, 2.05) is 0 Å². The van der Waals surface area contributed by atoms with Crippen LogP contribution in [-0.2, 0) is 6.54 Å². The van der Waals surface area contributed by atoms with E-state index in [1.54, 1.807) is 17.0 Å². The maximum Gasteiger partial charge on any atom is 0.289 e. The molecule has 0 radical (unpaired) electrons. The topological polar surface area (TPSA) is 79.7 Å². The van der Waals surface area contributed by atoms with Crippen LogP contribution in [0, 0.1) is 0 Å². The highest BCUT2D eigenvalue weighted by Crippen LogP contribution is 2.26. The smallest absolute Gasteiger partial charge is 0.289 e. The zero-order valence-electron chi connectivity index (χ0n) is 9.76. The summed E-state index contributed by atoms with van der Waals surface area (Å²) in [6, 6.07) is 3.61. The van der Waals surface area contributed by atoms with Gasteiger partial charge >= 0.3 is 0 Å². The van der Waals surface area contributed by atoms with E-state index in [0.717, 1.165) is 19.3 Å². The summed E-state index contributed by atoms with van der Waals surface area (Å²) in [5.41, 5.74) is 5.44. The highest BCUT2D eigenvalue weighted by Gasteiger charge is 2.30. The molecule has 0 unspecified atom stereocenters. The summed E-state index contributed by atoms with van der Waals surface area (Å²) in [6.45, 7) is 0.631. The predicted molar refractivity (Wildman–Crippen MR) is 62.4 cm³/mol. The molecule has 1 aliphatic carbocycles. The Kier molecular flexibility index (Phi) is 3.81. The number of furan rings is 1. The van der Waals surface area contributed by atoms with Gasteiger partial charge in [-0.25, -0.2) is 0 Å². The van der Waals surface area contributed by atoms with Gasteiger partial charge in [-0.1, -0.05) is 0 Å². The average molecular weight is 238 g/mol. The fourth-order valence-electron chi connectivity index (χ4n) is 2.00. The van der Waals surface area contributed by atoms with Crippen LogP contribution in [0.1, 0.15) is 35.6 Å². The van der Waals surface area contributed by atoms with E-state index in [9.17, 15) is 4.79 Å². The Morgan fingerprint density at radius 2 is 2.29 bits per heavy atom. The van der Waals surface area contributed by atoms with Crippen LogP contribution in [0.25, 0.3) is 0 Å². The van der Waals surface area contributed by atoms with Gasteiger partial charge in [0.2, 0.25) is 0 Å². The number of nitrogens with two attached hydrogens (primary N) is 1. The molecule has 5 nitrogen and oxygen atoms in total. The lowest BCUT2D eigenvalue weighted by atomic mass is 9.91. The monoisotopic (exact) mass is 238 g/mol. The first-order valence-electron chi connectivity index (χ1n) is 5.97. The van der Waals surface area contributed by atoms with Gasteiger partial charge in [-0.3, -0.25) is 4.79 Å². The predicted octanol–water partition coefficient (Wildman–Crippen LogP) is 0.725. The normalized spacial score (nSPS) is 15.6. The number of nitrogens with zero attached hydrogens (tertiary/aromatic N) is 1. The fourth-order valence-corrected chi connectivity index (χ4v) is 2.00. The summed E-state index contributed by atoms with van der Waals surface area (Å²) in [5.74, 6) is 0.764. The van der Waals surface area contributed by atoms with Crippen LogP contribution in [-0.4, -0.2) is 35.1 Å². The van der Waals surface area contributed by atoms with Gasteiger partial charge in [-0.15, -0.1) is 0 Å². The standard InChI is InChI=1S/C12H18N2O3/c13-8-10-4-5-11(17-10)12(16)14(6-7-15)9-2-1-3-9/h4-5,9,15H,1-3,6-8,13H2. The lowest BCUT2D eigenvalue weighted by Crippen LogP contribution is -2.45. The molecule has 1 aromatic heterocycles. The molecule has 1 fully saturated rings. The molecule has 17 heavy (non-hydrogen) atoms. The minimum atomic E-state index is -0.150. The van der Waals surface area contributed by atoms with Crippen LogP contribution in [0.15, 0.2) is 16.5 Å². The first-order valence-corrected chi connectivity index (χ1v) is 5.97. The maximum absolute atomic E-state index is 12.2. The van der Waals surface area contributed by atoms with Gasteiger partial charge in [-0.05, 0) is 31.4 Å². The van der Waals surface area contributed by atoms with Gasteiger partial charge in [0.05, 0.1) is 13.2 Å². The number of rotatable bonds is 5. The molecule has 0 saturated heterocycles. The molecule has 2 rings (SSSR count). The number of aliphatic hydroxyl groups is 1. The Bertz CT molecular complexity index is 385. The molecule has 0 bridgehead atoms. The third-order valence-corrected chi connectivity index (χ3v) is 3.19. The van der Waals surface area contributed by atoms with Gasteiger partial charge in [0.25, 0.3) is 5.91 Å². The Morgan fingerprint density at radius 3 is 2.76 bits per heavy atom. The van der Waals surface area contributed by atoms with Crippen LogP contribution < -0.4 is 5.73 Å². The van der Waals surface area contributed by atoms with Crippen molar-refractivity contribution < 1.29 is 14.3 Å². The highest BCUT2D eigenvalue weighted by atomic mass is 16.4. The SMILES string of the molecule is NCc1ccc(C(=O)N(CCO)C2CCC2)o1. The highest BCUT2D eigenvalue weighted by molar-refractivity contribution is 5.91. The second kappa shape index (κ2) is 5.33. The Labute approximate surface area is 100 Å². The van der Waals surface area contributed by atoms with Crippen LogP contribution in [0.4, 0.5) is 0 Å². The van der Waals surface area contributed by atoms with Crippen molar-refractivity contribution >= 4 is 5.91 Å². The van der Waals surface area contributed by atoms with E-state index in [1.165, 1.54) is 0 Å². The molecule has 1 aromatic rings. The van der Waals surface area contributed by atoms with Gasteiger partial charge in [0.1, 0.15) is 5.76 Å². The Morgan fingerprint density at radius 1 is 1.53 bits per heavy atom. The van der Waals surface area contributed by atoms with Crippen molar-refractivity contribution in [2.24, 2.45) is 5.73 Å². The Balaban J connectivity index is 2.09. The molecule has 1 amide bonds. The van der Waals surface area contributed by atoms with Gasteiger partial charge < -0.3 is 20.2 Å². The van der Waals surface area contributed by atoms with Crippen molar-refractivity contribution in [3.8, 4) is 0 Å². The number of carbonyl (C=O) groups excluding carboxylic acids is 1. The molecule has 0 aliphatic heterocycles. The molecule has 3 N–H and O–H groups in total. The molecule has 1 aliphatic rings. The van der Waals surface area contributed by atoms with Gasteiger partial charge in [-0.2, -0.15) is 0 Å². The summed E-state index contributed by atoms with van der Waals surface area (Å²) in [6.07, 6.45) is 3.17. The summed E-state index contributed by atoms with van der Waals surface area (Å²) < 4.78 is 5.34. The zero-order valence-corrected chi connectivity index (χ0v) is 9.76. The van der Waals surface area contributed by atoms with E-state index < -0.39 is 0 Å². The number of hydrogen-bond donors (Lipinski definition) is 2. The minimum absolute atomic E-state index is 0.0211. The summed E-state index contributed by atoms with van der Waals surface area (Å²) >= 11 is 0. The van der Waals surface area contributed by atoms with Crippen LogP contribution in [0.2, 0.25) is 0 Å². The van der Waals surface area contributed by atoms with Crippen LogP contribution >= 0.6 is 0 Å². The Hall–Kier alpha value is -1.33. The summed E-state index contributed by atoms with van der Waals surface area (Å²) in [5, 5.41) is 9.01. The molecule has 5 heteroatoms.